The summed E-state index contributed by atoms with van der Waals surface area (Å²) in [5, 5.41) is 5.73. The number of anilines is 2. The molecule has 1 aliphatic heterocycles. The first-order valence-electron chi connectivity index (χ1n) is 8.63. The highest BCUT2D eigenvalue weighted by Crippen LogP contribution is 2.26. The van der Waals surface area contributed by atoms with Gasteiger partial charge in [-0.1, -0.05) is 24.3 Å². The van der Waals surface area contributed by atoms with Gasteiger partial charge in [-0.15, -0.1) is 0 Å². The highest BCUT2D eigenvalue weighted by atomic mass is 16.2. The summed E-state index contributed by atoms with van der Waals surface area (Å²) in [6.45, 7) is 0.424. The van der Waals surface area contributed by atoms with Crippen LogP contribution in [-0.2, 0) is 14.4 Å². The van der Waals surface area contributed by atoms with E-state index >= 15 is 0 Å². The lowest BCUT2D eigenvalue weighted by Gasteiger charge is -2.15. The molecule has 1 aromatic carbocycles. The van der Waals surface area contributed by atoms with Crippen LogP contribution in [0, 0.1) is 11.8 Å². The van der Waals surface area contributed by atoms with Gasteiger partial charge in [0, 0.05) is 26.4 Å². The fourth-order valence-electron chi connectivity index (χ4n) is 3.28. The third-order valence-corrected chi connectivity index (χ3v) is 4.73. The fourth-order valence-corrected chi connectivity index (χ4v) is 3.28. The minimum Gasteiger partial charge on any atom is -0.345 e. The first-order chi connectivity index (χ1) is 12.0. The maximum absolute atomic E-state index is 12.4. The zero-order chi connectivity index (χ0) is 17.8. The number of amides is 3. The molecule has 3 amide bonds. The number of carbonyl (C=O) groups excluding carboxylic acids is 3. The summed E-state index contributed by atoms with van der Waals surface area (Å²) in [6.07, 6.45) is 6.90. The summed E-state index contributed by atoms with van der Waals surface area (Å²) < 4.78 is 0. The number of para-hydroxylation sites is 2. The average Bonchev–Trinajstić information content (AvgIpc) is 3.19. The van der Waals surface area contributed by atoms with Crippen LogP contribution in [0.4, 0.5) is 11.4 Å². The Balaban J connectivity index is 1.62. The van der Waals surface area contributed by atoms with E-state index in [1.807, 2.05) is 6.07 Å². The van der Waals surface area contributed by atoms with Crippen LogP contribution in [0.2, 0.25) is 0 Å². The molecular weight excluding hydrogens is 318 g/mol. The molecule has 0 unspecified atom stereocenters. The predicted molar refractivity (Wildman–Crippen MR) is 95.9 cm³/mol. The van der Waals surface area contributed by atoms with E-state index in [0.717, 1.165) is 12.8 Å². The Labute approximate surface area is 147 Å². The molecule has 0 aromatic heterocycles. The van der Waals surface area contributed by atoms with Gasteiger partial charge in [0.2, 0.25) is 17.7 Å². The Morgan fingerprint density at radius 3 is 2.52 bits per heavy atom. The van der Waals surface area contributed by atoms with E-state index in [-0.39, 0.29) is 30.1 Å². The van der Waals surface area contributed by atoms with Crippen LogP contribution in [0.15, 0.2) is 36.4 Å². The van der Waals surface area contributed by atoms with Crippen molar-refractivity contribution in [2.75, 3.05) is 24.2 Å². The Morgan fingerprint density at radius 2 is 1.92 bits per heavy atom. The molecule has 0 bridgehead atoms. The second kappa shape index (κ2) is 7.51. The second-order valence-corrected chi connectivity index (χ2v) is 6.73. The van der Waals surface area contributed by atoms with Crippen LogP contribution in [0.25, 0.3) is 0 Å². The molecule has 6 nitrogen and oxygen atoms in total. The van der Waals surface area contributed by atoms with Crippen molar-refractivity contribution in [2.45, 2.75) is 25.7 Å². The van der Waals surface area contributed by atoms with Crippen molar-refractivity contribution in [2.24, 2.45) is 11.8 Å². The van der Waals surface area contributed by atoms with Gasteiger partial charge in [0.15, 0.2) is 0 Å². The second-order valence-electron chi connectivity index (χ2n) is 6.73. The van der Waals surface area contributed by atoms with E-state index in [4.69, 9.17) is 0 Å². The summed E-state index contributed by atoms with van der Waals surface area (Å²) in [7, 11) is 1.70. The Morgan fingerprint density at radius 1 is 1.20 bits per heavy atom. The van der Waals surface area contributed by atoms with Crippen LogP contribution < -0.4 is 10.6 Å². The maximum Gasteiger partial charge on any atom is 0.229 e. The number of likely N-dealkylation sites (tertiary alicyclic amines) is 1. The standard InChI is InChI=1S/C19H23N3O3/c1-22-12-14(11-18(22)24)19(25)21-16-9-5-4-8-15(16)20-17(23)10-13-6-2-3-7-13/h2,4-6,8-9,13-14H,3,7,10-12H2,1H3,(H,20,23)(H,21,25)/t13-,14-/m1/s1. The first kappa shape index (κ1) is 17.2. The van der Waals surface area contributed by atoms with Crippen LogP contribution >= 0.6 is 0 Å². The fraction of sp³-hybridized carbons (Fsp3) is 0.421. The van der Waals surface area contributed by atoms with E-state index in [1.54, 1.807) is 30.1 Å². The average molecular weight is 341 g/mol. The highest BCUT2D eigenvalue weighted by molar-refractivity contribution is 6.02. The van der Waals surface area contributed by atoms with Crippen LogP contribution in [-0.4, -0.2) is 36.2 Å². The van der Waals surface area contributed by atoms with E-state index in [9.17, 15) is 14.4 Å². The van der Waals surface area contributed by atoms with Crippen molar-refractivity contribution in [1.29, 1.82) is 0 Å². The number of nitrogens with zero attached hydrogens (tertiary/aromatic N) is 1. The molecule has 1 fully saturated rings. The number of hydrogen-bond acceptors (Lipinski definition) is 3. The summed E-state index contributed by atoms with van der Waals surface area (Å²) in [5.41, 5.74) is 1.14. The molecule has 0 saturated carbocycles. The quantitative estimate of drug-likeness (QED) is 0.807. The third kappa shape index (κ3) is 4.26. The lowest BCUT2D eigenvalue weighted by atomic mass is 10.0. The summed E-state index contributed by atoms with van der Waals surface area (Å²) in [4.78, 5) is 37.8. The molecule has 2 atom stereocenters. The zero-order valence-electron chi connectivity index (χ0n) is 14.3. The highest BCUT2D eigenvalue weighted by Gasteiger charge is 2.32. The third-order valence-electron chi connectivity index (χ3n) is 4.73. The minimum atomic E-state index is -0.357. The minimum absolute atomic E-state index is 0.0219. The van der Waals surface area contributed by atoms with Gasteiger partial charge in [-0.2, -0.15) is 0 Å². The van der Waals surface area contributed by atoms with Crippen molar-refractivity contribution >= 4 is 29.1 Å². The molecule has 132 valence electrons. The van der Waals surface area contributed by atoms with E-state index < -0.39 is 0 Å². The van der Waals surface area contributed by atoms with Gasteiger partial charge in [-0.05, 0) is 30.9 Å². The van der Waals surface area contributed by atoms with E-state index in [2.05, 4.69) is 22.8 Å². The van der Waals surface area contributed by atoms with Crippen molar-refractivity contribution in [3.63, 3.8) is 0 Å². The topological polar surface area (TPSA) is 78.5 Å². The molecule has 0 radical (unpaired) electrons. The van der Waals surface area contributed by atoms with Crippen molar-refractivity contribution in [1.82, 2.24) is 4.90 Å². The molecule has 2 N–H and O–H groups in total. The monoisotopic (exact) mass is 341 g/mol. The van der Waals surface area contributed by atoms with Crippen LogP contribution in [0.1, 0.15) is 25.7 Å². The zero-order valence-corrected chi connectivity index (χ0v) is 14.3. The molecule has 1 heterocycles. The lowest BCUT2D eigenvalue weighted by Crippen LogP contribution is -2.26. The SMILES string of the molecule is CN1C[C@H](C(=O)Nc2ccccc2NC(=O)C[C@@H]2C=CCC2)CC1=O. The van der Waals surface area contributed by atoms with Crippen LogP contribution in [0.5, 0.6) is 0 Å². The number of benzene rings is 1. The predicted octanol–water partition coefficient (Wildman–Crippen LogP) is 2.40. The first-order valence-corrected chi connectivity index (χ1v) is 8.63. The largest absolute Gasteiger partial charge is 0.345 e. The van der Waals surface area contributed by atoms with Crippen molar-refractivity contribution in [3.8, 4) is 0 Å². The number of nitrogens with one attached hydrogen (secondary N) is 2. The summed E-state index contributed by atoms with van der Waals surface area (Å²) in [5.74, 6) is -0.342. The molecular formula is C19H23N3O3. The maximum atomic E-state index is 12.4. The van der Waals surface area contributed by atoms with Crippen molar-refractivity contribution < 1.29 is 14.4 Å². The lowest BCUT2D eigenvalue weighted by molar-refractivity contribution is -0.127. The number of hydrogen-bond donors (Lipinski definition) is 2. The van der Waals surface area contributed by atoms with Crippen LogP contribution in [0.3, 0.4) is 0 Å². The van der Waals surface area contributed by atoms with Gasteiger partial charge in [-0.3, -0.25) is 14.4 Å². The molecule has 25 heavy (non-hydrogen) atoms. The smallest absolute Gasteiger partial charge is 0.229 e. The molecule has 0 spiro atoms. The van der Waals surface area contributed by atoms with E-state index in [0.29, 0.717) is 30.3 Å². The summed E-state index contributed by atoms with van der Waals surface area (Å²) >= 11 is 0. The number of allylic oxidation sites excluding steroid dienone is 2. The molecule has 1 saturated heterocycles. The van der Waals surface area contributed by atoms with Gasteiger partial charge >= 0.3 is 0 Å². The molecule has 1 aromatic rings. The Bertz CT molecular complexity index is 714. The Hall–Kier alpha value is -2.63. The van der Waals surface area contributed by atoms with Gasteiger partial charge < -0.3 is 15.5 Å². The molecule has 6 heteroatoms. The number of rotatable bonds is 5. The Kier molecular flexibility index (Phi) is 5.16. The van der Waals surface area contributed by atoms with Gasteiger partial charge in [-0.25, -0.2) is 0 Å². The molecule has 1 aliphatic carbocycles. The molecule has 2 aliphatic rings. The van der Waals surface area contributed by atoms with Gasteiger partial charge in [0.25, 0.3) is 0 Å². The van der Waals surface area contributed by atoms with Gasteiger partial charge in [0.1, 0.15) is 0 Å². The number of carbonyl (C=O) groups is 3. The van der Waals surface area contributed by atoms with Crippen molar-refractivity contribution in [3.05, 3.63) is 36.4 Å². The van der Waals surface area contributed by atoms with E-state index in [1.165, 1.54) is 0 Å². The summed E-state index contributed by atoms with van der Waals surface area (Å²) in [6, 6.07) is 7.14. The van der Waals surface area contributed by atoms with Gasteiger partial charge in [0.05, 0.1) is 17.3 Å². The molecule has 3 rings (SSSR count). The normalized spacial score (nSPS) is 22.3.